The van der Waals surface area contributed by atoms with Crippen LogP contribution in [-0.4, -0.2) is 4.98 Å². The fourth-order valence-corrected chi connectivity index (χ4v) is 2.27. The first kappa shape index (κ1) is 10.5. The molecule has 0 fully saturated rings. The molecule has 1 aromatic carbocycles. The maximum absolute atomic E-state index is 6.08. The Bertz CT molecular complexity index is 512. The Balaban J connectivity index is 2.85. The van der Waals surface area contributed by atoms with Gasteiger partial charge in [-0.2, -0.15) is 0 Å². The van der Waals surface area contributed by atoms with Crippen LogP contribution >= 0.6 is 11.6 Å². The largest absolute Gasteiger partial charge is 0.358 e. The molecule has 0 amide bonds. The van der Waals surface area contributed by atoms with Crippen LogP contribution in [0.2, 0.25) is 5.02 Å². The van der Waals surface area contributed by atoms with Crippen molar-refractivity contribution in [2.24, 2.45) is 5.73 Å². The Morgan fingerprint density at radius 1 is 1.33 bits per heavy atom. The summed E-state index contributed by atoms with van der Waals surface area (Å²) < 4.78 is 0. The van der Waals surface area contributed by atoms with Crippen molar-refractivity contribution in [2.75, 3.05) is 0 Å². The van der Waals surface area contributed by atoms with E-state index >= 15 is 0 Å². The van der Waals surface area contributed by atoms with Crippen LogP contribution in [-0.2, 0) is 0 Å². The average molecular weight is 223 g/mol. The van der Waals surface area contributed by atoms with Crippen LogP contribution in [0.1, 0.15) is 29.8 Å². The number of benzene rings is 1. The molecule has 80 valence electrons. The average Bonchev–Trinajstić information content (AvgIpc) is 2.49. The van der Waals surface area contributed by atoms with Gasteiger partial charge in [0, 0.05) is 22.1 Å². The summed E-state index contributed by atoms with van der Waals surface area (Å²) in [6.07, 6.45) is 0. The Hall–Kier alpha value is -0.990. The van der Waals surface area contributed by atoms with Crippen LogP contribution in [0.3, 0.4) is 0 Å². The van der Waals surface area contributed by atoms with E-state index in [0.717, 1.165) is 21.8 Å². The first-order chi connectivity index (χ1) is 7.02. The molecule has 1 heterocycles. The normalized spacial score (nSPS) is 13.4. The van der Waals surface area contributed by atoms with Crippen molar-refractivity contribution in [3.05, 3.63) is 34.0 Å². The molecular formula is C12H15ClN2. The van der Waals surface area contributed by atoms with Crippen molar-refractivity contribution < 1.29 is 0 Å². The fourth-order valence-electron chi connectivity index (χ4n) is 2.12. The van der Waals surface area contributed by atoms with Gasteiger partial charge >= 0.3 is 0 Å². The van der Waals surface area contributed by atoms with Gasteiger partial charge in [0.05, 0.1) is 5.52 Å². The molecule has 2 aromatic rings. The summed E-state index contributed by atoms with van der Waals surface area (Å²) in [4.78, 5) is 3.35. The zero-order chi connectivity index (χ0) is 11.2. The first-order valence-electron chi connectivity index (χ1n) is 5.05. The predicted molar refractivity (Wildman–Crippen MR) is 65.4 cm³/mol. The summed E-state index contributed by atoms with van der Waals surface area (Å²) in [7, 11) is 0. The Morgan fingerprint density at radius 3 is 2.60 bits per heavy atom. The molecule has 0 saturated carbocycles. The van der Waals surface area contributed by atoms with Crippen LogP contribution < -0.4 is 5.73 Å². The van der Waals surface area contributed by atoms with Crippen LogP contribution in [0.4, 0.5) is 0 Å². The third-order valence-corrected chi connectivity index (χ3v) is 3.27. The maximum Gasteiger partial charge on any atom is 0.0504 e. The van der Waals surface area contributed by atoms with Gasteiger partial charge in [-0.1, -0.05) is 17.7 Å². The van der Waals surface area contributed by atoms with E-state index in [2.05, 4.69) is 4.98 Å². The quantitative estimate of drug-likeness (QED) is 0.763. The number of H-pyrrole nitrogens is 1. The SMILES string of the molecule is Cc1[nH]c2c(C)c(Cl)ccc2c1C(C)N. The number of nitrogens with two attached hydrogens (primary N) is 1. The minimum Gasteiger partial charge on any atom is -0.358 e. The molecule has 2 rings (SSSR count). The van der Waals surface area contributed by atoms with E-state index in [-0.39, 0.29) is 6.04 Å². The molecule has 1 aromatic heterocycles. The molecule has 3 N–H and O–H groups in total. The molecule has 15 heavy (non-hydrogen) atoms. The number of aryl methyl sites for hydroxylation is 2. The molecule has 0 aliphatic heterocycles. The highest BCUT2D eigenvalue weighted by Crippen LogP contribution is 2.31. The van der Waals surface area contributed by atoms with Gasteiger partial charge in [-0.3, -0.25) is 0 Å². The van der Waals surface area contributed by atoms with Crippen LogP contribution in [0.25, 0.3) is 10.9 Å². The highest BCUT2D eigenvalue weighted by Gasteiger charge is 2.13. The predicted octanol–water partition coefficient (Wildman–Crippen LogP) is 3.46. The molecule has 1 atom stereocenters. The van der Waals surface area contributed by atoms with E-state index in [9.17, 15) is 0 Å². The molecule has 0 bridgehead atoms. The minimum absolute atomic E-state index is 0.0410. The van der Waals surface area contributed by atoms with E-state index in [4.69, 9.17) is 17.3 Å². The van der Waals surface area contributed by atoms with Crippen molar-refractivity contribution in [1.29, 1.82) is 0 Å². The number of aromatic nitrogens is 1. The molecule has 2 nitrogen and oxygen atoms in total. The molecule has 0 spiro atoms. The van der Waals surface area contributed by atoms with E-state index in [1.807, 2.05) is 32.9 Å². The summed E-state index contributed by atoms with van der Waals surface area (Å²) in [6, 6.07) is 4.00. The van der Waals surface area contributed by atoms with Gasteiger partial charge in [-0.05, 0) is 38.0 Å². The van der Waals surface area contributed by atoms with Crippen molar-refractivity contribution in [3.8, 4) is 0 Å². The van der Waals surface area contributed by atoms with Gasteiger partial charge in [-0.15, -0.1) is 0 Å². The molecule has 3 heteroatoms. The maximum atomic E-state index is 6.08. The second-order valence-corrected chi connectivity index (χ2v) is 4.45. The summed E-state index contributed by atoms with van der Waals surface area (Å²) in [5.41, 5.74) is 10.5. The van der Waals surface area contributed by atoms with Gasteiger partial charge in [0.2, 0.25) is 0 Å². The summed E-state index contributed by atoms with van der Waals surface area (Å²) in [5, 5.41) is 1.98. The lowest BCUT2D eigenvalue weighted by Crippen LogP contribution is -2.05. The molecular weight excluding hydrogens is 208 g/mol. The highest BCUT2D eigenvalue weighted by atomic mass is 35.5. The molecule has 1 unspecified atom stereocenters. The second-order valence-electron chi connectivity index (χ2n) is 4.05. The molecule has 0 radical (unpaired) electrons. The van der Waals surface area contributed by atoms with Crippen molar-refractivity contribution in [1.82, 2.24) is 4.98 Å². The number of nitrogens with one attached hydrogen (secondary N) is 1. The lowest BCUT2D eigenvalue weighted by molar-refractivity contribution is 0.817. The first-order valence-corrected chi connectivity index (χ1v) is 5.43. The van der Waals surface area contributed by atoms with E-state index in [0.29, 0.717) is 0 Å². The van der Waals surface area contributed by atoms with Gasteiger partial charge in [0.25, 0.3) is 0 Å². The number of aromatic amines is 1. The zero-order valence-electron chi connectivity index (χ0n) is 9.19. The van der Waals surface area contributed by atoms with E-state index in [1.165, 1.54) is 10.9 Å². The molecule has 0 aliphatic carbocycles. The standard InChI is InChI=1S/C12H15ClN2/c1-6-10(13)5-4-9-11(7(2)14)8(3)15-12(6)9/h4-5,7,15H,14H2,1-3H3. The third kappa shape index (κ3) is 1.54. The van der Waals surface area contributed by atoms with Crippen molar-refractivity contribution in [3.63, 3.8) is 0 Å². The number of fused-ring (bicyclic) bond motifs is 1. The van der Waals surface area contributed by atoms with Crippen LogP contribution in [0.15, 0.2) is 12.1 Å². The Morgan fingerprint density at radius 2 is 2.00 bits per heavy atom. The number of hydrogen-bond acceptors (Lipinski definition) is 1. The van der Waals surface area contributed by atoms with Crippen molar-refractivity contribution in [2.45, 2.75) is 26.8 Å². The van der Waals surface area contributed by atoms with E-state index in [1.54, 1.807) is 0 Å². The van der Waals surface area contributed by atoms with Gasteiger partial charge in [-0.25, -0.2) is 0 Å². The fraction of sp³-hybridized carbons (Fsp3) is 0.333. The summed E-state index contributed by atoms with van der Waals surface area (Å²) in [6.45, 7) is 6.07. The number of hydrogen-bond donors (Lipinski definition) is 2. The van der Waals surface area contributed by atoms with Gasteiger partial charge in [0.1, 0.15) is 0 Å². The zero-order valence-corrected chi connectivity index (χ0v) is 9.94. The van der Waals surface area contributed by atoms with Gasteiger partial charge in [0.15, 0.2) is 0 Å². The van der Waals surface area contributed by atoms with Gasteiger partial charge < -0.3 is 10.7 Å². The molecule has 0 aliphatic rings. The topological polar surface area (TPSA) is 41.8 Å². The van der Waals surface area contributed by atoms with Crippen LogP contribution in [0.5, 0.6) is 0 Å². The smallest absolute Gasteiger partial charge is 0.0504 e. The van der Waals surface area contributed by atoms with Crippen molar-refractivity contribution >= 4 is 22.5 Å². The molecule has 0 saturated heterocycles. The lowest BCUT2D eigenvalue weighted by Gasteiger charge is -2.05. The number of halogens is 1. The van der Waals surface area contributed by atoms with E-state index < -0.39 is 0 Å². The highest BCUT2D eigenvalue weighted by molar-refractivity contribution is 6.32. The third-order valence-electron chi connectivity index (χ3n) is 2.86. The summed E-state index contributed by atoms with van der Waals surface area (Å²) in [5.74, 6) is 0. The Kier molecular flexibility index (Phi) is 2.49. The second kappa shape index (κ2) is 3.54. The summed E-state index contributed by atoms with van der Waals surface area (Å²) >= 11 is 6.08. The monoisotopic (exact) mass is 222 g/mol. The minimum atomic E-state index is 0.0410. The number of rotatable bonds is 1. The Labute approximate surface area is 94.4 Å². The van der Waals surface area contributed by atoms with Crippen LogP contribution in [0, 0.1) is 13.8 Å². The lowest BCUT2D eigenvalue weighted by atomic mass is 10.0.